The van der Waals surface area contributed by atoms with Gasteiger partial charge in [-0.1, -0.05) is 24.3 Å². The van der Waals surface area contributed by atoms with Crippen LogP contribution in [-0.2, 0) is 4.79 Å². The maximum Gasteiger partial charge on any atom is 0.143 e. The normalized spacial score (nSPS) is 18.8. The van der Waals surface area contributed by atoms with Gasteiger partial charge in [-0.05, 0) is 76.0 Å². The van der Waals surface area contributed by atoms with Crippen molar-refractivity contribution in [3.05, 3.63) is 54.6 Å². The third kappa shape index (κ3) is 6.55. The molecule has 2 saturated heterocycles. The van der Waals surface area contributed by atoms with E-state index in [9.17, 15) is 4.79 Å². The highest BCUT2D eigenvalue weighted by atomic mass is 16.5. The Kier molecular flexibility index (Phi) is 7.60. The Morgan fingerprint density at radius 2 is 1.58 bits per heavy atom. The van der Waals surface area contributed by atoms with Crippen LogP contribution in [0.15, 0.2) is 54.6 Å². The van der Waals surface area contributed by atoms with Gasteiger partial charge in [-0.25, -0.2) is 0 Å². The van der Waals surface area contributed by atoms with E-state index in [0.717, 1.165) is 56.7 Å². The number of hydrogen-bond donors (Lipinski definition) is 0. The molecule has 2 fully saturated rings. The van der Waals surface area contributed by atoms with E-state index >= 15 is 0 Å². The van der Waals surface area contributed by atoms with Crippen molar-refractivity contribution in [3.8, 4) is 11.5 Å². The lowest BCUT2D eigenvalue weighted by Crippen LogP contribution is -2.47. The highest BCUT2D eigenvalue weighted by Crippen LogP contribution is 2.27. The smallest absolute Gasteiger partial charge is 0.143 e. The summed E-state index contributed by atoms with van der Waals surface area (Å²) in [5.74, 6) is 2.86. The fraction of sp³-hybridized carbons (Fsp3) is 0.500. The fourth-order valence-electron chi connectivity index (χ4n) is 4.71. The van der Waals surface area contributed by atoms with Gasteiger partial charge in [0.25, 0.3) is 0 Å². The maximum absolute atomic E-state index is 11.3. The molecule has 31 heavy (non-hydrogen) atoms. The van der Waals surface area contributed by atoms with Crippen LogP contribution in [0.5, 0.6) is 11.5 Å². The zero-order valence-electron chi connectivity index (χ0n) is 18.7. The maximum atomic E-state index is 11.3. The molecule has 0 atom stereocenters. The Morgan fingerprint density at radius 1 is 0.871 bits per heavy atom. The Morgan fingerprint density at radius 3 is 2.29 bits per heavy atom. The van der Waals surface area contributed by atoms with Gasteiger partial charge >= 0.3 is 0 Å². The Bertz CT molecular complexity index is 826. The number of benzene rings is 2. The van der Waals surface area contributed by atoms with Crippen LogP contribution in [0.25, 0.3) is 0 Å². The van der Waals surface area contributed by atoms with E-state index in [1.54, 1.807) is 6.92 Å². The number of likely N-dealkylation sites (tertiary alicyclic amines) is 1. The third-order valence-electron chi connectivity index (χ3n) is 6.54. The molecular formula is C26H35N3O2. The van der Waals surface area contributed by atoms with Gasteiger partial charge < -0.3 is 9.64 Å². The lowest BCUT2D eigenvalue weighted by molar-refractivity contribution is -0.118. The average molecular weight is 422 g/mol. The monoisotopic (exact) mass is 421 g/mol. The summed E-state index contributed by atoms with van der Waals surface area (Å²) in [4.78, 5) is 18.7. The largest absolute Gasteiger partial charge is 0.457 e. The van der Waals surface area contributed by atoms with Crippen LogP contribution in [0.2, 0.25) is 0 Å². The number of piperazine rings is 1. The van der Waals surface area contributed by atoms with Gasteiger partial charge in [-0.2, -0.15) is 0 Å². The van der Waals surface area contributed by atoms with Crippen molar-refractivity contribution < 1.29 is 9.53 Å². The number of ether oxygens (including phenoxy) is 1. The quantitative estimate of drug-likeness (QED) is 0.635. The second-order valence-corrected chi connectivity index (χ2v) is 8.95. The van der Waals surface area contributed by atoms with Crippen molar-refractivity contribution in [1.29, 1.82) is 0 Å². The van der Waals surface area contributed by atoms with E-state index in [2.05, 4.69) is 32.9 Å². The summed E-state index contributed by atoms with van der Waals surface area (Å²) in [7, 11) is 0. The van der Waals surface area contributed by atoms with Gasteiger partial charge in [0.15, 0.2) is 0 Å². The van der Waals surface area contributed by atoms with Crippen molar-refractivity contribution in [2.45, 2.75) is 26.2 Å². The number of anilines is 1. The SMILES string of the molecule is CC(=O)CN1CCC(CCN2CCN(c3cccc(Oc4ccccc4)c3)CC2)CC1. The van der Waals surface area contributed by atoms with Crippen molar-refractivity contribution in [3.63, 3.8) is 0 Å². The van der Waals surface area contributed by atoms with Crippen molar-refractivity contribution >= 4 is 11.5 Å². The molecule has 2 heterocycles. The molecule has 0 amide bonds. The van der Waals surface area contributed by atoms with Crippen LogP contribution >= 0.6 is 0 Å². The number of nitrogens with zero attached hydrogens (tertiary/aromatic N) is 3. The number of piperidine rings is 1. The molecule has 0 spiro atoms. The predicted octanol–water partition coefficient (Wildman–Crippen LogP) is 4.29. The topological polar surface area (TPSA) is 36.0 Å². The highest BCUT2D eigenvalue weighted by Gasteiger charge is 2.22. The Labute approximate surface area is 186 Å². The highest BCUT2D eigenvalue weighted by molar-refractivity contribution is 5.77. The number of rotatable bonds is 8. The van der Waals surface area contributed by atoms with E-state index in [1.807, 2.05) is 36.4 Å². The molecule has 2 aliphatic rings. The van der Waals surface area contributed by atoms with Crippen molar-refractivity contribution in [2.24, 2.45) is 5.92 Å². The minimum Gasteiger partial charge on any atom is -0.457 e. The molecule has 5 heteroatoms. The molecular weight excluding hydrogens is 386 g/mol. The van der Waals surface area contributed by atoms with Gasteiger partial charge in [0.2, 0.25) is 0 Å². The summed E-state index contributed by atoms with van der Waals surface area (Å²) in [6.07, 6.45) is 3.76. The summed E-state index contributed by atoms with van der Waals surface area (Å²) in [5.41, 5.74) is 1.24. The molecule has 0 radical (unpaired) electrons. The molecule has 0 N–H and O–H groups in total. The van der Waals surface area contributed by atoms with Crippen LogP contribution in [-0.4, -0.2) is 67.9 Å². The summed E-state index contributed by atoms with van der Waals surface area (Å²) in [6.45, 7) is 10.0. The van der Waals surface area contributed by atoms with E-state index in [0.29, 0.717) is 6.54 Å². The second kappa shape index (κ2) is 10.8. The van der Waals surface area contributed by atoms with E-state index < -0.39 is 0 Å². The van der Waals surface area contributed by atoms with Gasteiger partial charge in [0.05, 0.1) is 6.54 Å². The Balaban J connectivity index is 1.20. The lowest BCUT2D eigenvalue weighted by atomic mass is 9.93. The van der Waals surface area contributed by atoms with Gasteiger partial charge in [0.1, 0.15) is 17.3 Å². The molecule has 5 nitrogen and oxygen atoms in total. The third-order valence-corrected chi connectivity index (χ3v) is 6.54. The standard InChI is InChI=1S/C26H35N3O2/c1-22(30)21-28-14-11-23(12-15-28)10-13-27-16-18-29(19-17-27)24-6-5-9-26(20-24)31-25-7-3-2-4-8-25/h2-9,20,23H,10-19,21H2,1H3. The zero-order valence-corrected chi connectivity index (χ0v) is 18.7. The van der Waals surface area contributed by atoms with Crippen LogP contribution in [0.4, 0.5) is 5.69 Å². The lowest BCUT2D eigenvalue weighted by Gasteiger charge is -2.37. The molecule has 0 unspecified atom stereocenters. The first-order valence-electron chi connectivity index (χ1n) is 11.7. The molecule has 0 aromatic heterocycles. The zero-order chi connectivity index (χ0) is 21.5. The van der Waals surface area contributed by atoms with Crippen LogP contribution in [0, 0.1) is 5.92 Å². The minimum atomic E-state index is 0.286. The van der Waals surface area contributed by atoms with Gasteiger partial charge in [-0.3, -0.25) is 14.6 Å². The second-order valence-electron chi connectivity index (χ2n) is 8.95. The number of carbonyl (C=O) groups is 1. The van der Waals surface area contributed by atoms with E-state index in [1.165, 1.54) is 31.5 Å². The Hall–Kier alpha value is -2.37. The van der Waals surface area contributed by atoms with E-state index in [-0.39, 0.29) is 5.78 Å². The molecule has 2 aromatic rings. The molecule has 166 valence electrons. The molecule has 2 aromatic carbocycles. The fourth-order valence-corrected chi connectivity index (χ4v) is 4.71. The van der Waals surface area contributed by atoms with Gasteiger partial charge in [-0.15, -0.1) is 0 Å². The molecule has 0 bridgehead atoms. The van der Waals surface area contributed by atoms with Crippen LogP contribution < -0.4 is 9.64 Å². The van der Waals surface area contributed by atoms with Gasteiger partial charge in [0, 0.05) is 37.9 Å². The summed E-state index contributed by atoms with van der Waals surface area (Å²) < 4.78 is 6.01. The number of para-hydroxylation sites is 1. The predicted molar refractivity (Wildman–Crippen MR) is 126 cm³/mol. The number of carbonyl (C=O) groups excluding carboxylic acids is 1. The molecule has 2 aliphatic heterocycles. The van der Waals surface area contributed by atoms with Crippen LogP contribution in [0.1, 0.15) is 26.2 Å². The molecule has 0 saturated carbocycles. The molecule has 0 aliphatic carbocycles. The average Bonchev–Trinajstić information content (AvgIpc) is 2.79. The summed E-state index contributed by atoms with van der Waals surface area (Å²) in [6, 6.07) is 18.4. The minimum absolute atomic E-state index is 0.286. The van der Waals surface area contributed by atoms with Crippen LogP contribution in [0.3, 0.4) is 0 Å². The first-order valence-corrected chi connectivity index (χ1v) is 11.7. The summed E-state index contributed by atoms with van der Waals surface area (Å²) >= 11 is 0. The number of ketones is 1. The van der Waals surface area contributed by atoms with Crippen molar-refractivity contribution in [2.75, 3.05) is 57.3 Å². The summed E-state index contributed by atoms with van der Waals surface area (Å²) in [5, 5.41) is 0. The first kappa shape index (κ1) is 21.8. The van der Waals surface area contributed by atoms with Crippen molar-refractivity contribution in [1.82, 2.24) is 9.80 Å². The molecule has 4 rings (SSSR count). The number of hydrogen-bond acceptors (Lipinski definition) is 5. The first-order chi connectivity index (χ1) is 15.2. The number of Topliss-reactive ketones (excluding diaryl/α,β-unsaturated/α-hetero) is 1. The van der Waals surface area contributed by atoms with E-state index in [4.69, 9.17) is 4.74 Å².